The third kappa shape index (κ3) is 4.87. The Kier molecular flexibility index (Phi) is 5.78. The van der Waals surface area contributed by atoms with Gasteiger partial charge >= 0.3 is 0 Å². The highest BCUT2D eigenvalue weighted by Gasteiger charge is 2.15. The van der Waals surface area contributed by atoms with E-state index in [4.69, 9.17) is 4.74 Å². The van der Waals surface area contributed by atoms with Crippen LogP contribution in [-0.4, -0.2) is 59.7 Å². The summed E-state index contributed by atoms with van der Waals surface area (Å²) in [6, 6.07) is 7.28. The molecule has 7 nitrogen and oxygen atoms in total. The van der Waals surface area contributed by atoms with Crippen molar-refractivity contribution in [1.82, 2.24) is 20.2 Å². The Labute approximate surface area is 146 Å². The quantitative estimate of drug-likeness (QED) is 0.805. The lowest BCUT2D eigenvalue weighted by Gasteiger charge is -2.29. The van der Waals surface area contributed by atoms with E-state index in [1.807, 2.05) is 19.1 Å². The second kappa shape index (κ2) is 8.22. The summed E-state index contributed by atoms with van der Waals surface area (Å²) in [7, 11) is 0. The standard InChI is InChI=1S/C18H24N4O3/c1-13(12-22-8-10-25-11-9-22)19-17(23)7-6-16-20-15-5-3-2-4-14(15)18(24)21-16/h2-5,13H,6-12H2,1H3,(H,19,23)(H,20,21,24)/t13-/m0/s1. The lowest BCUT2D eigenvalue weighted by atomic mass is 10.2. The van der Waals surface area contributed by atoms with Gasteiger partial charge in [-0.25, -0.2) is 4.98 Å². The van der Waals surface area contributed by atoms with Crippen molar-refractivity contribution in [3.8, 4) is 0 Å². The van der Waals surface area contributed by atoms with Crippen molar-refractivity contribution in [2.45, 2.75) is 25.8 Å². The van der Waals surface area contributed by atoms with Crippen molar-refractivity contribution in [3.63, 3.8) is 0 Å². The lowest BCUT2D eigenvalue weighted by molar-refractivity contribution is -0.121. The minimum absolute atomic E-state index is 0.0310. The normalized spacial score (nSPS) is 16.7. The third-order valence-electron chi connectivity index (χ3n) is 4.29. The number of H-pyrrole nitrogens is 1. The first kappa shape index (κ1) is 17.6. The second-order valence-corrected chi connectivity index (χ2v) is 6.41. The third-order valence-corrected chi connectivity index (χ3v) is 4.29. The average Bonchev–Trinajstić information content (AvgIpc) is 2.61. The average molecular weight is 344 g/mol. The van der Waals surface area contributed by atoms with E-state index >= 15 is 0 Å². The monoisotopic (exact) mass is 344 g/mol. The number of hydrogen-bond donors (Lipinski definition) is 2. The van der Waals surface area contributed by atoms with Gasteiger partial charge in [0.1, 0.15) is 5.82 Å². The summed E-state index contributed by atoms with van der Waals surface area (Å²) in [5.74, 6) is 0.510. The maximum Gasteiger partial charge on any atom is 0.258 e. The number of nitrogens with one attached hydrogen (secondary N) is 2. The zero-order chi connectivity index (χ0) is 17.6. The van der Waals surface area contributed by atoms with E-state index < -0.39 is 0 Å². The molecule has 1 fully saturated rings. The maximum absolute atomic E-state index is 12.1. The van der Waals surface area contributed by atoms with Gasteiger partial charge in [0.15, 0.2) is 0 Å². The Bertz CT molecular complexity index is 783. The maximum atomic E-state index is 12.1. The number of aromatic nitrogens is 2. The largest absolute Gasteiger partial charge is 0.379 e. The van der Waals surface area contributed by atoms with Crippen LogP contribution in [0.4, 0.5) is 0 Å². The summed E-state index contributed by atoms with van der Waals surface area (Å²) < 4.78 is 5.33. The van der Waals surface area contributed by atoms with Crippen molar-refractivity contribution in [3.05, 3.63) is 40.4 Å². The summed E-state index contributed by atoms with van der Waals surface area (Å²) in [5, 5.41) is 3.57. The van der Waals surface area contributed by atoms with Crippen LogP contribution in [0.5, 0.6) is 0 Å². The number of carbonyl (C=O) groups excluding carboxylic acids is 1. The van der Waals surface area contributed by atoms with E-state index in [-0.39, 0.29) is 17.5 Å². The number of hydrogen-bond acceptors (Lipinski definition) is 5. The minimum atomic E-state index is -0.165. The Morgan fingerprint density at radius 1 is 1.36 bits per heavy atom. The molecule has 2 heterocycles. The molecule has 25 heavy (non-hydrogen) atoms. The summed E-state index contributed by atoms with van der Waals surface area (Å²) in [6.45, 7) is 6.14. The first-order chi connectivity index (χ1) is 12.1. The number of fused-ring (bicyclic) bond motifs is 1. The number of amides is 1. The zero-order valence-electron chi connectivity index (χ0n) is 14.5. The lowest BCUT2D eigenvalue weighted by Crippen LogP contribution is -2.46. The molecule has 1 aromatic heterocycles. The molecular weight excluding hydrogens is 320 g/mol. The molecule has 2 N–H and O–H groups in total. The van der Waals surface area contributed by atoms with Gasteiger partial charge in [-0.3, -0.25) is 14.5 Å². The Hall–Kier alpha value is -2.25. The van der Waals surface area contributed by atoms with E-state index in [2.05, 4.69) is 20.2 Å². The van der Waals surface area contributed by atoms with E-state index in [1.165, 1.54) is 0 Å². The SMILES string of the molecule is C[C@@H](CN1CCOCC1)NC(=O)CCc1nc2ccccc2c(=O)[nH]1. The van der Waals surface area contributed by atoms with Crippen LogP contribution in [0.15, 0.2) is 29.1 Å². The molecule has 2 aromatic rings. The fraction of sp³-hybridized carbons (Fsp3) is 0.500. The molecule has 7 heteroatoms. The molecule has 0 unspecified atom stereocenters. The molecular formula is C18H24N4O3. The molecule has 1 aliphatic rings. The van der Waals surface area contributed by atoms with Crippen LogP contribution in [0.2, 0.25) is 0 Å². The van der Waals surface area contributed by atoms with Gasteiger partial charge in [0.2, 0.25) is 5.91 Å². The Balaban J connectivity index is 1.51. The van der Waals surface area contributed by atoms with Crippen molar-refractivity contribution >= 4 is 16.8 Å². The number of nitrogens with zero attached hydrogens (tertiary/aromatic N) is 2. The van der Waals surface area contributed by atoms with Gasteiger partial charge in [-0.1, -0.05) is 12.1 Å². The Morgan fingerprint density at radius 3 is 2.92 bits per heavy atom. The smallest absolute Gasteiger partial charge is 0.258 e. The first-order valence-electron chi connectivity index (χ1n) is 8.69. The molecule has 0 saturated carbocycles. The van der Waals surface area contributed by atoms with Crippen LogP contribution in [0, 0.1) is 0 Å². The van der Waals surface area contributed by atoms with Crippen molar-refractivity contribution in [1.29, 1.82) is 0 Å². The molecule has 1 aromatic carbocycles. The van der Waals surface area contributed by atoms with Crippen LogP contribution >= 0.6 is 0 Å². The second-order valence-electron chi connectivity index (χ2n) is 6.41. The number of carbonyl (C=O) groups is 1. The van der Waals surface area contributed by atoms with Gasteiger partial charge < -0.3 is 15.0 Å². The van der Waals surface area contributed by atoms with Crippen molar-refractivity contribution in [2.24, 2.45) is 0 Å². The summed E-state index contributed by atoms with van der Waals surface area (Å²) in [5.41, 5.74) is 0.490. The number of benzene rings is 1. The van der Waals surface area contributed by atoms with E-state index in [1.54, 1.807) is 12.1 Å². The fourth-order valence-electron chi connectivity index (χ4n) is 3.05. The topological polar surface area (TPSA) is 87.3 Å². The van der Waals surface area contributed by atoms with Crippen LogP contribution in [0.25, 0.3) is 10.9 Å². The highest BCUT2D eigenvalue weighted by molar-refractivity contribution is 5.78. The van der Waals surface area contributed by atoms with Crippen LogP contribution in [-0.2, 0) is 16.0 Å². The number of ether oxygens (including phenoxy) is 1. The molecule has 3 rings (SSSR count). The summed E-state index contributed by atoms with van der Waals surface area (Å²) in [4.78, 5) is 33.6. The summed E-state index contributed by atoms with van der Waals surface area (Å²) >= 11 is 0. The van der Waals surface area contributed by atoms with Crippen LogP contribution < -0.4 is 10.9 Å². The summed E-state index contributed by atoms with van der Waals surface area (Å²) in [6.07, 6.45) is 0.713. The van der Waals surface area contributed by atoms with Gasteiger partial charge in [-0.2, -0.15) is 0 Å². The van der Waals surface area contributed by atoms with Crippen LogP contribution in [0.1, 0.15) is 19.2 Å². The highest BCUT2D eigenvalue weighted by Crippen LogP contribution is 2.06. The zero-order valence-corrected chi connectivity index (χ0v) is 14.5. The first-order valence-corrected chi connectivity index (χ1v) is 8.69. The number of aryl methyl sites for hydroxylation is 1. The van der Waals surface area contributed by atoms with E-state index in [0.717, 1.165) is 32.8 Å². The predicted molar refractivity (Wildman–Crippen MR) is 95.5 cm³/mol. The molecule has 1 aliphatic heterocycles. The van der Waals surface area contributed by atoms with Gasteiger partial charge in [0.25, 0.3) is 5.56 Å². The molecule has 1 saturated heterocycles. The number of rotatable bonds is 6. The number of para-hydroxylation sites is 1. The molecule has 0 radical (unpaired) electrons. The van der Waals surface area contributed by atoms with Gasteiger partial charge in [-0.05, 0) is 19.1 Å². The van der Waals surface area contributed by atoms with Gasteiger partial charge in [0.05, 0.1) is 24.1 Å². The Morgan fingerprint density at radius 2 is 2.12 bits per heavy atom. The highest BCUT2D eigenvalue weighted by atomic mass is 16.5. The molecule has 0 spiro atoms. The number of aromatic amines is 1. The minimum Gasteiger partial charge on any atom is -0.379 e. The van der Waals surface area contributed by atoms with Gasteiger partial charge in [0, 0.05) is 38.5 Å². The fourth-order valence-corrected chi connectivity index (χ4v) is 3.05. The molecule has 1 atom stereocenters. The van der Waals surface area contributed by atoms with E-state index in [9.17, 15) is 9.59 Å². The molecule has 1 amide bonds. The number of morpholine rings is 1. The van der Waals surface area contributed by atoms with Crippen molar-refractivity contribution in [2.75, 3.05) is 32.8 Å². The predicted octanol–water partition coefficient (Wildman–Crippen LogP) is 0.693. The van der Waals surface area contributed by atoms with Crippen LogP contribution in [0.3, 0.4) is 0 Å². The molecule has 0 aliphatic carbocycles. The molecule has 0 bridgehead atoms. The van der Waals surface area contributed by atoms with Crippen molar-refractivity contribution < 1.29 is 9.53 Å². The van der Waals surface area contributed by atoms with Gasteiger partial charge in [-0.15, -0.1) is 0 Å². The van der Waals surface area contributed by atoms with E-state index in [0.29, 0.717) is 29.6 Å². The molecule has 134 valence electrons.